The molecule has 0 saturated carbocycles. The first-order valence-corrected chi connectivity index (χ1v) is 11.8. The predicted molar refractivity (Wildman–Crippen MR) is 131 cm³/mol. The third-order valence-corrected chi connectivity index (χ3v) is 7.15. The Morgan fingerprint density at radius 2 is 2.00 bits per heavy atom. The molecule has 2 aliphatic rings. The number of hydrogen-bond acceptors (Lipinski definition) is 7. The summed E-state index contributed by atoms with van der Waals surface area (Å²) >= 11 is 0. The molecule has 0 unspecified atom stereocenters. The summed E-state index contributed by atoms with van der Waals surface area (Å²) in [6.45, 7) is 0. The van der Waals surface area contributed by atoms with E-state index in [1.54, 1.807) is 41.7 Å². The normalized spacial score (nSPS) is 23.4. The molecule has 2 fully saturated rings. The number of fused-ring (bicyclic) bond motifs is 2. The van der Waals surface area contributed by atoms with E-state index >= 15 is 0 Å². The number of phenolic OH excluding ortho intramolecular Hbond substituents is 1. The van der Waals surface area contributed by atoms with Crippen molar-refractivity contribution in [2.45, 2.75) is 43.6 Å². The van der Waals surface area contributed by atoms with E-state index in [2.05, 4.69) is 25.4 Å². The zero-order chi connectivity index (χ0) is 23.9. The number of benzene rings is 1. The van der Waals surface area contributed by atoms with E-state index in [9.17, 15) is 9.50 Å². The van der Waals surface area contributed by atoms with Crippen molar-refractivity contribution in [3.05, 3.63) is 67.5 Å². The Kier molecular flexibility index (Phi) is 5.41. The minimum absolute atomic E-state index is 0.0691. The van der Waals surface area contributed by atoms with Crippen LogP contribution in [0.15, 0.2) is 67.5 Å². The molecule has 6 rings (SSSR count). The van der Waals surface area contributed by atoms with E-state index < -0.39 is 6.17 Å². The summed E-state index contributed by atoms with van der Waals surface area (Å²) in [4.78, 5) is 15.1. The highest BCUT2D eigenvalue weighted by Crippen LogP contribution is 2.35. The van der Waals surface area contributed by atoms with Crippen molar-refractivity contribution in [2.75, 3.05) is 11.9 Å². The van der Waals surface area contributed by atoms with Gasteiger partial charge in [0.1, 0.15) is 17.7 Å². The van der Waals surface area contributed by atoms with Crippen molar-refractivity contribution in [2.24, 2.45) is 0 Å². The second kappa shape index (κ2) is 8.74. The highest BCUT2D eigenvalue weighted by atomic mass is 19.1. The van der Waals surface area contributed by atoms with Crippen LogP contribution in [-0.4, -0.2) is 61.2 Å². The Labute approximate surface area is 202 Å². The molecule has 0 radical (unpaired) electrons. The molecule has 2 aliphatic heterocycles. The first kappa shape index (κ1) is 21.7. The molecule has 3 aromatic heterocycles. The lowest BCUT2D eigenvalue weighted by Gasteiger charge is -2.38. The number of hydrogen-bond donors (Lipinski definition) is 2. The topological polar surface area (TPSA) is 92.0 Å². The predicted octanol–water partition coefficient (Wildman–Crippen LogP) is 3.76. The number of alkyl halides is 1. The standard InChI is InChI=1S/C26H26FN7O/c1-33(23-10-18-5-7-21(32-18)26(23)27)25-14-29-22(13-30-25)20-6-4-16(9-24(20)35)17-11-31-34(15-17)19-3-2-8-28-12-19/h2-4,6,8-9,11-15,18,21,23,26,32,35H,5,7,10H2,1H3/t18-,21+,23-,26+/m0/s1. The lowest BCUT2D eigenvalue weighted by Crippen LogP contribution is -2.55. The van der Waals surface area contributed by atoms with E-state index in [1.807, 2.05) is 42.4 Å². The van der Waals surface area contributed by atoms with Crippen molar-refractivity contribution >= 4 is 5.82 Å². The summed E-state index contributed by atoms with van der Waals surface area (Å²) in [5, 5.41) is 18.5. The van der Waals surface area contributed by atoms with E-state index in [1.165, 1.54) is 0 Å². The number of nitrogens with one attached hydrogen (secondary N) is 1. The van der Waals surface area contributed by atoms with Gasteiger partial charge in [0, 0.05) is 42.7 Å². The molecule has 2 saturated heterocycles. The number of halogens is 1. The highest BCUT2D eigenvalue weighted by molar-refractivity contribution is 5.73. The van der Waals surface area contributed by atoms with E-state index in [4.69, 9.17) is 0 Å². The second-order valence-electron chi connectivity index (χ2n) is 9.28. The fourth-order valence-electron chi connectivity index (χ4n) is 5.19. The fourth-order valence-corrected chi connectivity index (χ4v) is 5.19. The third-order valence-electron chi connectivity index (χ3n) is 7.15. The summed E-state index contributed by atoms with van der Waals surface area (Å²) in [5.74, 6) is 0.729. The van der Waals surface area contributed by atoms with E-state index in [-0.39, 0.29) is 17.8 Å². The number of anilines is 1. The van der Waals surface area contributed by atoms with Gasteiger partial charge in [-0.05, 0) is 49.1 Å². The minimum Gasteiger partial charge on any atom is -0.507 e. The first-order valence-electron chi connectivity index (χ1n) is 11.8. The van der Waals surface area contributed by atoms with Crippen LogP contribution in [-0.2, 0) is 0 Å². The Bertz CT molecular complexity index is 1330. The molecule has 1 aromatic carbocycles. The maximum Gasteiger partial charge on any atom is 0.147 e. The van der Waals surface area contributed by atoms with Crippen molar-refractivity contribution < 1.29 is 9.50 Å². The van der Waals surface area contributed by atoms with Crippen LogP contribution in [0.2, 0.25) is 0 Å². The van der Waals surface area contributed by atoms with Crippen LogP contribution in [0, 0.1) is 0 Å². The molecule has 35 heavy (non-hydrogen) atoms. The van der Waals surface area contributed by atoms with Crippen LogP contribution < -0.4 is 10.2 Å². The van der Waals surface area contributed by atoms with Gasteiger partial charge in [0.2, 0.25) is 0 Å². The van der Waals surface area contributed by atoms with Crippen LogP contribution in [0.25, 0.3) is 28.1 Å². The van der Waals surface area contributed by atoms with Gasteiger partial charge in [0.15, 0.2) is 0 Å². The van der Waals surface area contributed by atoms with Crippen molar-refractivity contribution in [3.63, 3.8) is 0 Å². The zero-order valence-corrected chi connectivity index (χ0v) is 19.3. The SMILES string of the molecule is CN(c1cnc(-c2ccc(-c3cnn(-c4cccnc4)c3)cc2O)cn1)[C@H]1C[C@@H]2CC[C@@H](N2)[C@H]1F. The number of piperidine rings is 1. The maximum absolute atomic E-state index is 15.0. The molecular formula is C26H26FN7O. The summed E-state index contributed by atoms with van der Waals surface area (Å²) in [5.41, 5.74) is 3.70. The molecule has 4 atom stereocenters. The van der Waals surface area contributed by atoms with Crippen LogP contribution in [0.5, 0.6) is 5.75 Å². The minimum atomic E-state index is -0.931. The Morgan fingerprint density at radius 1 is 1.09 bits per heavy atom. The quantitative estimate of drug-likeness (QED) is 0.458. The lowest BCUT2D eigenvalue weighted by atomic mass is 9.96. The zero-order valence-electron chi connectivity index (χ0n) is 19.3. The van der Waals surface area contributed by atoms with Crippen LogP contribution in [0.3, 0.4) is 0 Å². The number of phenols is 1. The third kappa shape index (κ3) is 4.01. The number of aromatic hydroxyl groups is 1. The first-order chi connectivity index (χ1) is 17.1. The van der Waals surface area contributed by atoms with Gasteiger partial charge < -0.3 is 15.3 Å². The second-order valence-corrected chi connectivity index (χ2v) is 9.28. The Balaban J connectivity index is 1.20. The van der Waals surface area contributed by atoms with Crippen LogP contribution >= 0.6 is 0 Å². The molecule has 8 nitrogen and oxygen atoms in total. The van der Waals surface area contributed by atoms with Gasteiger partial charge in [0.05, 0.1) is 42.2 Å². The molecule has 4 aromatic rings. The average Bonchev–Trinajstić information content (AvgIpc) is 3.55. The highest BCUT2D eigenvalue weighted by Gasteiger charge is 2.43. The van der Waals surface area contributed by atoms with Gasteiger partial charge in [-0.15, -0.1) is 0 Å². The van der Waals surface area contributed by atoms with E-state index in [0.29, 0.717) is 23.1 Å². The molecule has 5 heterocycles. The maximum atomic E-state index is 15.0. The van der Waals surface area contributed by atoms with Crippen molar-refractivity contribution in [1.29, 1.82) is 0 Å². The summed E-state index contributed by atoms with van der Waals surface area (Å²) < 4.78 is 16.7. The molecule has 9 heteroatoms. The smallest absolute Gasteiger partial charge is 0.147 e. The summed E-state index contributed by atoms with van der Waals surface area (Å²) in [6, 6.07) is 9.30. The molecule has 0 amide bonds. The molecule has 2 N–H and O–H groups in total. The Hall–Kier alpha value is -3.85. The van der Waals surface area contributed by atoms with Gasteiger partial charge in [-0.3, -0.25) is 9.97 Å². The number of pyridine rings is 1. The van der Waals surface area contributed by atoms with Gasteiger partial charge in [0.25, 0.3) is 0 Å². The fraction of sp³-hybridized carbons (Fsp3) is 0.308. The van der Waals surface area contributed by atoms with Crippen LogP contribution in [0.4, 0.5) is 10.2 Å². The largest absolute Gasteiger partial charge is 0.507 e. The monoisotopic (exact) mass is 471 g/mol. The summed E-state index contributed by atoms with van der Waals surface area (Å²) in [7, 11) is 1.88. The lowest BCUT2D eigenvalue weighted by molar-refractivity contribution is 0.176. The number of aromatic nitrogens is 5. The molecule has 2 bridgehead atoms. The molecule has 178 valence electrons. The van der Waals surface area contributed by atoms with Crippen molar-refractivity contribution in [3.8, 4) is 33.8 Å². The average molecular weight is 472 g/mol. The van der Waals surface area contributed by atoms with Gasteiger partial charge in [-0.2, -0.15) is 5.10 Å². The molecule has 0 spiro atoms. The van der Waals surface area contributed by atoms with Gasteiger partial charge >= 0.3 is 0 Å². The molecular weight excluding hydrogens is 445 g/mol. The summed E-state index contributed by atoms with van der Waals surface area (Å²) in [6.07, 6.45) is 12.1. The van der Waals surface area contributed by atoms with Crippen LogP contribution in [0.1, 0.15) is 19.3 Å². The van der Waals surface area contributed by atoms with E-state index in [0.717, 1.165) is 36.1 Å². The van der Waals surface area contributed by atoms with Gasteiger partial charge in [-0.1, -0.05) is 6.07 Å². The Morgan fingerprint density at radius 3 is 2.77 bits per heavy atom. The number of rotatable bonds is 5. The molecule has 0 aliphatic carbocycles. The van der Waals surface area contributed by atoms with Crippen molar-refractivity contribution in [1.82, 2.24) is 30.0 Å². The van der Waals surface area contributed by atoms with Gasteiger partial charge in [-0.25, -0.2) is 14.1 Å². The number of nitrogens with zero attached hydrogens (tertiary/aromatic N) is 6.